The molecule has 4 atom stereocenters. The number of nitrogens with two attached hydrogens (primary N) is 1. The minimum Gasteiger partial charge on any atom is -0.481 e. The highest BCUT2D eigenvalue weighted by Gasteiger charge is 2.54. The predicted molar refractivity (Wildman–Crippen MR) is 76.9 cm³/mol. The Morgan fingerprint density at radius 3 is 2.52 bits per heavy atom. The van der Waals surface area contributed by atoms with Gasteiger partial charge in [0.2, 0.25) is 5.91 Å². The summed E-state index contributed by atoms with van der Waals surface area (Å²) in [5, 5.41) is 14.1. The number of hydrogen-bond acceptors (Lipinski definition) is 4. The molecule has 7 heteroatoms. The van der Waals surface area contributed by atoms with Gasteiger partial charge < -0.3 is 16.2 Å². The summed E-state index contributed by atoms with van der Waals surface area (Å²) in [5.74, 6) is -2.70. The standard InChI is InChI=1S/C14H16N2O4S/c15-11(17)8-3-4-21-13(8)16-12(18)9-6-1-2-7(5-6)10(9)14(19)20/h3-4,6-7,9-10H,1-2,5H2,(H2,15,17)(H,16,18)(H,19,20)/t6-,7-,9+,10+/m0/s1. The van der Waals surface area contributed by atoms with Crippen molar-refractivity contribution in [1.82, 2.24) is 0 Å². The number of carbonyl (C=O) groups excluding carboxylic acids is 2. The van der Waals surface area contributed by atoms with Gasteiger partial charge >= 0.3 is 5.97 Å². The maximum absolute atomic E-state index is 12.5. The molecule has 1 aromatic rings. The minimum absolute atomic E-state index is 0.0993. The fourth-order valence-electron chi connectivity index (χ4n) is 3.82. The third kappa shape index (κ3) is 2.31. The molecule has 0 unspecified atom stereocenters. The number of anilines is 1. The van der Waals surface area contributed by atoms with Crippen molar-refractivity contribution in [3.8, 4) is 0 Å². The Labute approximate surface area is 125 Å². The van der Waals surface area contributed by atoms with Gasteiger partial charge in [0, 0.05) is 0 Å². The summed E-state index contributed by atoms with van der Waals surface area (Å²) < 4.78 is 0. The molecule has 4 N–H and O–H groups in total. The van der Waals surface area contributed by atoms with Crippen LogP contribution < -0.4 is 11.1 Å². The molecule has 0 radical (unpaired) electrons. The van der Waals surface area contributed by atoms with Crippen LogP contribution in [0.5, 0.6) is 0 Å². The number of hydrogen-bond donors (Lipinski definition) is 3. The van der Waals surface area contributed by atoms with E-state index in [0.29, 0.717) is 5.00 Å². The zero-order valence-electron chi connectivity index (χ0n) is 11.2. The highest BCUT2D eigenvalue weighted by molar-refractivity contribution is 7.14. The van der Waals surface area contributed by atoms with Crippen molar-refractivity contribution in [2.45, 2.75) is 19.3 Å². The van der Waals surface area contributed by atoms with Crippen LogP contribution in [0, 0.1) is 23.7 Å². The molecule has 1 heterocycles. The van der Waals surface area contributed by atoms with Gasteiger partial charge in [-0.1, -0.05) is 0 Å². The summed E-state index contributed by atoms with van der Waals surface area (Å²) >= 11 is 1.21. The minimum atomic E-state index is -0.899. The van der Waals surface area contributed by atoms with Gasteiger partial charge in [-0.25, -0.2) is 0 Å². The molecule has 0 aliphatic heterocycles. The second kappa shape index (κ2) is 5.14. The number of amides is 2. The lowest BCUT2D eigenvalue weighted by atomic mass is 9.79. The molecule has 6 nitrogen and oxygen atoms in total. The molecule has 2 saturated carbocycles. The maximum atomic E-state index is 12.5. The summed E-state index contributed by atoms with van der Waals surface area (Å²) in [7, 11) is 0. The number of fused-ring (bicyclic) bond motifs is 2. The predicted octanol–water partition coefficient (Wildman–Crippen LogP) is 1.53. The van der Waals surface area contributed by atoms with Gasteiger partial charge in [-0.05, 0) is 42.5 Å². The van der Waals surface area contributed by atoms with Gasteiger partial charge in [0.1, 0.15) is 5.00 Å². The van der Waals surface area contributed by atoms with Crippen LogP contribution in [0.1, 0.15) is 29.6 Å². The third-order valence-electron chi connectivity index (χ3n) is 4.67. The zero-order chi connectivity index (χ0) is 15.1. The number of carboxylic acid groups (broad SMARTS) is 1. The van der Waals surface area contributed by atoms with E-state index in [1.165, 1.54) is 11.3 Å². The lowest BCUT2D eigenvalue weighted by molar-refractivity contribution is -0.148. The lowest BCUT2D eigenvalue weighted by Crippen LogP contribution is -2.38. The van der Waals surface area contributed by atoms with Gasteiger partial charge in [-0.15, -0.1) is 11.3 Å². The van der Waals surface area contributed by atoms with E-state index < -0.39 is 23.7 Å². The summed E-state index contributed by atoms with van der Waals surface area (Å²) in [6, 6.07) is 1.55. The van der Waals surface area contributed by atoms with Crippen LogP contribution in [0.4, 0.5) is 5.00 Å². The van der Waals surface area contributed by atoms with E-state index in [1.54, 1.807) is 11.4 Å². The Morgan fingerprint density at radius 1 is 1.24 bits per heavy atom. The number of rotatable bonds is 4. The van der Waals surface area contributed by atoms with Crippen LogP contribution in [0.3, 0.4) is 0 Å². The van der Waals surface area contributed by atoms with Crippen LogP contribution in [0.15, 0.2) is 11.4 Å². The van der Waals surface area contributed by atoms with Crippen molar-refractivity contribution < 1.29 is 19.5 Å². The molecule has 0 saturated heterocycles. The van der Waals surface area contributed by atoms with Crippen LogP contribution in [0.25, 0.3) is 0 Å². The maximum Gasteiger partial charge on any atom is 0.307 e. The van der Waals surface area contributed by atoms with Crippen molar-refractivity contribution >= 4 is 34.1 Å². The van der Waals surface area contributed by atoms with Crippen LogP contribution in [-0.2, 0) is 9.59 Å². The van der Waals surface area contributed by atoms with Crippen molar-refractivity contribution in [2.24, 2.45) is 29.4 Å². The molecule has 21 heavy (non-hydrogen) atoms. The topological polar surface area (TPSA) is 109 Å². The molecule has 2 aliphatic rings. The number of primary amides is 1. The molecule has 2 amide bonds. The Bertz CT molecular complexity index is 612. The summed E-state index contributed by atoms with van der Waals surface area (Å²) in [5.41, 5.74) is 5.51. The molecule has 112 valence electrons. The van der Waals surface area contributed by atoms with Crippen LogP contribution >= 0.6 is 11.3 Å². The first kappa shape index (κ1) is 14.1. The van der Waals surface area contributed by atoms with Gasteiger partial charge in [0.05, 0.1) is 17.4 Å². The first-order chi connectivity index (χ1) is 9.99. The van der Waals surface area contributed by atoms with E-state index in [1.807, 2.05) is 0 Å². The first-order valence-electron chi connectivity index (χ1n) is 6.90. The number of carbonyl (C=O) groups is 3. The fourth-order valence-corrected chi connectivity index (χ4v) is 4.61. The number of aliphatic carboxylic acids is 1. The Balaban J connectivity index is 1.80. The average Bonchev–Trinajstić information content (AvgIpc) is 3.11. The zero-order valence-corrected chi connectivity index (χ0v) is 12.1. The molecule has 2 aliphatic carbocycles. The van der Waals surface area contributed by atoms with E-state index in [-0.39, 0.29) is 23.3 Å². The number of nitrogens with one attached hydrogen (secondary N) is 1. The van der Waals surface area contributed by atoms with Crippen LogP contribution in [0.2, 0.25) is 0 Å². The molecular formula is C14H16N2O4S. The van der Waals surface area contributed by atoms with Crippen LogP contribution in [-0.4, -0.2) is 22.9 Å². The SMILES string of the molecule is NC(=O)c1ccsc1NC(=O)[C@@H]1[C@H]2CC[C@@H](C2)[C@H]1C(=O)O. The first-order valence-corrected chi connectivity index (χ1v) is 7.78. The molecular weight excluding hydrogens is 292 g/mol. The highest BCUT2D eigenvalue weighted by Crippen LogP contribution is 2.52. The average molecular weight is 308 g/mol. The summed E-state index contributed by atoms with van der Waals surface area (Å²) in [6.45, 7) is 0. The van der Waals surface area contributed by atoms with E-state index in [4.69, 9.17) is 5.73 Å². The molecule has 0 aromatic carbocycles. The van der Waals surface area contributed by atoms with Gasteiger partial charge in [-0.3, -0.25) is 14.4 Å². The Kier molecular flexibility index (Phi) is 3.44. The molecule has 1 aromatic heterocycles. The van der Waals surface area contributed by atoms with Crippen molar-refractivity contribution in [1.29, 1.82) is 0 Å². The Morgan fingerprint density at radius 2 is 1.90 bits per heavy atom. The Hall–Kier alpha value is -1.89. The molecule has 2 bridgehead atoms. The van der Waals surface area contributed by atoms with Gasteiger partial charge in [0.25, 0.3) is 5.91 Å². The molecule has 2 fully saturated rings. The number of thiophene rings is 1. The summed E-state index contributed by atoms with van der Waals surface area (Å²) in [6.07, 6.45) is 2.60. The van der Waals surface area contributed by atoms with E-state index in [2.05, 4.69) is 5.32 Å². The van der Waals surface area contributed by atoms with E-state index in [9.17, 15) is 19.5 Å². The van der Waals surface area contributed by atoms with E-state index in [0.717, 1.165) is 19.3 Å². The van der Waals surface area contributed by atoms with Crippen molar-refractivity contribution in [2.75, 3.05) is 5.32 Å². The van der Waals surface area contributed by atoms with Crippen molar-refractivity contribution in [3.05, 3.63) is 17.0 Å². The second-order valence-electron chi connectivity index (χ2n) is 5.74. The quantitative estimate of drug-likeness (QED) is 0.783. The van der Waals surface area contributed by atoms with Crippen molar-refractivity contribution in [3.63, 3.8) is 0 Å². The third-order valence-corrected chi connectivity index (χ3v) is 5.50. The molecule has 3 rings (SSSR count). The summed E-state index contributed by atoms with van der Waals surface area (Å²) in [4.78, 5) is 35.2. The smallest absolute Gasteiger partial charge is 0.307 e. The molecule has 0 spiro atoms. The lowest BCUT2D eigenvalue weighted by Gasteiger charge is -2.26. The van der Waals surface area contributed by atoms with E-state index >= 15 is 0 Å². The second-order valence-corrected chi connectivity index (χ2v) is 6.66. The van der Waals surface area contributed by atoms with Gasteiger partial charge in [-0.2, -0.15) is 0 Å². The normalized spacial score (nSPS) is 30.3. The largest absolute Gasteiger partial charge is 0.481 e. The highest BCUT2D eigenvalue weighted by atomic mass is 32.1. The number of carboxylic acids is 1. The fraction of sp³-hybridized carbons (Fsp3) is 0.500. The van der Waals surface area contributed by atoms with Gasteiger partial charge in [0.15, 0.2) is 0 Å². The monoisotopic (exact) mass is 308 g/mol.